The number of tetrazole rings is 1. The van der Waals surface area contributed by atoms with Crippen LogP contribution in [0.3, 0.4) is 0 Å². The number of nitrogens with zero attached hydrogens (tertiary/aromatic N) is 4. The van der Waals surface area contributed by atoms with E-state index in [1.165, 1.54) is 11.7 Å². The second kappa shape index (κ2) is 8.10. The topological polar surface area (TPSA) is 61.9 Å². The zero-order chi connectivity index (χ0) is 22.1. The lowest BCUT2D eigenvalue weighted by Crippen LogP contribution is -2.23. The Hall–Kier alpha value is -3.88. The van der Waals surface area contributed by atoms with E-state index in [4.69, 9.17) is 4.74 Å². The van der Waals surface area contributed by atoms with Gasteiger partial charge in [-0.05, 0) is 64.4 Å². The minimum atomic E-state index is -1.51. The number of hydrogen-bond acceptors (Lipinski definition) is 4. The van der Waals surface area contributed by atoms with E-state index >= 15 is 0 Å². The van der Waals surface area contributed by atoms with Crippen molar-refractivity contribution < 1.29 is 17.9 Å². The number of rotatable bonds is 5. The SMILES string of the molecule is Cc1cccc(-n2nnn(C)c2=O)c1COc1cccc(-c2cc(F)c(F)c(F)c2)c1. The van der Waals surface area contributed by atoms with Crippen molar-refractivity contribution in [3.8, 4) is 22.6 Å². The highest BCUT2D eigenvalue weighted by molar-refractivity contribution is 5.65. The molecule has 1 heterocycles. The van der Waals surface area contributed by atoms with Gasteiger partial charge in [-0.3, -0.25) is 0 Å². The molecular weight excluding hydrogens is 409 g/mol. The third kappa shape index (κ3) is 3.94. The first-order chi connectivity index (χ1) is 14.8. The molecule has 0 saturated carbocycles. The molecule has 1 aromatic heterocycles. The number of benzene rings is 3. The van der Waals surface area contributed by atoms with Crippen molar-refractivity contribution in [1.29, 1.82) is 0 Å². The van der Waals surface area contributed by atoms with Crippen LogP contribution in [-0.4, -0.2) is 19.8 Å². The van der Waals surface area contributed by atoms with Crippen molar-refractivity contribution in [2.75, 3.05) is 0 Å². The predicted octanol–water partition coefficient (Wildman–Crippen LogP) is 3.94. The minimum Gasteiger partial charge on any atom is -0.489 e. The first kappa shape index (κ1) is 20.4. The maximum atomic E-state index is 13.6. The minimum absolute atomic E-state index is 0.112. The van der Waals surface area contributed by atoms with Crippen LogP contribution in [0.15, 0.2) is 59.4 Å². The van der Waals surface area contributed by atoms with Gasteiger partial charge in [0.15, 0.2) is 17.5 Å². The Morgan fingerprint density at radius 1 is 0.935 bits per heavy atom. The van der Waals surface area contributed by atoms with Gasteiger partial charge in [0.05, 0.1) is 5.69 Å². The summed E-state index contributed by atoms with van der Waals surface area (Å²) in [5.41, 5.74) is 2.41. The van der Waals surface area contributed by atoms with Crippen LogP contribution >= 0.6 is 0 Å². The van der Waals surface area contributed by atoms with Gasteiger partial charge >= 0.3 is 5.69 Å². The molecule has 4 rings (SSSR count). The Bertz CT molecular complexity index is 1310. The van der Waals surface area contributed by atoms with Gasteiger partial charge in [-0.25, -0.2) is 18.0 Å². The molecule has 0 saturated heterocycles. The van der Waals surface area contributed by atoms with Gasteiger partial charge < -0.3 is 4.74 Å². The zero-order valence-electron chi connectivity index (χ0n) is 16.6. The quantitative estimate of drug-likeness (QED) is 0.454. The molecule has 0 spiro atoms. The summed E-state index contributed by atoms with van der Waals surface area (Å²) < 4.78 is 48.6. The molecule has 31 heavy (non-hydrogen) atoms. The molecule has 6 nitrogen and oxygen atoms in total. The Morgan fingerprint density at radius 2 is 1.65 bits per heavy atom. The highest BCUT2D eigenvalue weighted by Crippen LogP contribution is 2.28. The molecule has 0 aliphatic heterocycles. The van der Waals surface area contributed by atoms with Crippen LogP contribution in [0.2, 0.25) is 0 Å². The summed E-state index contributed by atoms with van der Waals surface area (Å²) in [4.78, 5) is 12.3. The lowest BCUT2D eigenvalue weighted by atomic mass is 10.0. The molecule has 0 bridgehead atoms. The number of hydrogen-bond donors (Lipinski definition) is 0. The Kier molecular flexibility index (Phi) is 5.33. The molecule has 4 aromatic rings. The third-order valence-electron chi connectivity index (χ3n) is 4.87. The lowest BCUT2D eigenvalue weighted by Gasteiger charge is -2.13. The summed E-state index contributed by atoms with van der Waals surface area (Å²) in [6.07, 6.45) is 0. The van der Waals surface area contributed by atoms with E-state index in [0.29, 0.717) is 17.0 Å². The van der Waals surface area contributed by atoms with Gasteiger partial charge in [0.2, 0.25) is 0 Å². The molecule has 0 aliphatic carbocycles. The molecule has 0 aliphatic rings. The summed E-state index contributed by atoms with van der Waals surface area (Å²) in [5.74, 6) is -3.61. The molecule has 9 heteroatoms. The molecule has 0 N–H and O–H groups in total. The van der Waals surface area contributed by atoms with Crippen molar-refractivity contribution in [3.63, 3.8) is 0 Å². The van der Waals surface area contributed by atoms with Crippen LogP contribution in [0.4, 0.5) is 13.2 Å². The molecule has 0 amide bonds. The Balaban J connectivity index is 1.64. The third-order valence-corrected chi connectivity index (χ3v) is 4.87. The average molecular weight is 426 g/mol. The van der Waals surface area contributed by atoms with Crippen LogP contribution < -0.4 is 10.4 Å². The highest BCUT2D eigenvalue weighted by atomic mass is 19.2. The Morgan fingerprint density at radius 3 is 2.32 bits per heavy atom. The van der Waals surface area contributed by atoms with E-state index in [2.05, 4.69) is 10.4 Å². The summed E-state index contributed by atoms with van der Waals surface area (Å²) in [6.45, 7) is 1.99. The monoisotopic (exact) mass is 426 g/mol. The normalized spacial score (nSPS) is 11.0. The van der Waals surface area contributed by atoms with Crippen molar-refractivity contribution >= 4 is 0 Å². The van der Waals surface area contributed by atoms with E-state index in [0.717, 1.165) is 27.9 Å². The average Bonchev–Trinajstić information content (AvgIpc) is 3.09. The van der Waals surface area contributed by atoms with Crippen LogP contribution in [0, 0.1) is 24.4 Å². The second-order valence-electron chi connectivity index (χ2n) is 6.94. The smallest absolute Gasteiger partial charge is 0.368 e. The van der Waals surface area contributed by atoms with Crippen molar-refractivity contribution in [1.82, 2.24) is 19.8 Å². The molecule has 3 aromatic carbocycles. The fourth-order valence-electron chi connectivity index (χ4n) is 3.18. The zero-order valence-corrected chi connectivity index (χ0v) is 16.6. The first-order valence-corrected chi connectivity index (χ1v) is 9.31. The molecule has 0 unspecified atom stereocenters. The molecule has 0 radical (unpaired) electrons. The van der Waals surface area contributed by atoms with Gasteiger partial charge in [0, 0.05) is 12.6 Å². The highest BCUT2D eigenvalue weighted by Gasteiger charge is 2.15. The van der Waals surface area contributed by atoms with Crippen LogP contribution in [0.25, 0.3) is 16.8 Å². The number of aromatic nitrogens is 4. The van der Waals surface area contributed by atoms with Gasteiger partial charge in [-0.1, -0.05) is 24.3 Å². The standard InChI is InChI=1S/C22H17F3N4O2/c1-13-5-3-8-20(29-22(30)28(2)26-27-29)17(13)12-31-16-7-4-6-14(9-16)15-10-18(23)21(25)19(24)11-15/h3-11H,12H2,1-2H3. The number of halogens is 3. The van der Waals surface area contributed by atoms with Gasteiger partial charge in [0.1, 0.15) is 12.4 Å². The fourth-order valence-corrected chi connectivity index (χ4v) is 3.18. The van der Waals surface area contributed by atoms with E-state index < -0.39 is 23.1 Å². The summed E-state index contributed by atoms with van der Waals surface area (Å²) in [7, 11) is 1.50. The summed E-state index contributed by atoms with van der Waals surface area (Å²) >= 11 is 0. The number of ether oxygens (including phenoxy) is 1. The van der Waals surface area contributed by atoms with Crippen molar-refractivity contribution in [2.24, 2.45) is 7.05 Å². The van der Waals surface area contributed by atoms with E-state index in [-0.39, 0.29) is 12.2 Å². The molecule has 0 atom stereocenters. The van der Waals surface area contributed by atoms with Gasteiger partial charge in [0.25, 0.3) is 0 Å². The fraction of sp³-hybridized carbons (Fsp3) is 0.136. The molecule has 0 fully saturated rings. The first-order valence-electron chi connectivity index (χ1n) is 9.31. The van der Waals surface area contributed by atoms with Crippen LogP contribution in [0.5, 0.6) is 5.75 Å². The van der Waals surface area contributed by atoms with Crippen molar-refractivity contribution in [3.05, 3.63) is 93.7 Å². The lowest BCUT2D eigenvalue weighted by molar-refractivity contribution is 0.305. The maximum Gasteiger partial charge on any atom is 0.368 e. The van der Waals surface area contributed by atoms with Crippen LogP contribution in [0.1, 0.15) is 11.1 Å². The molecule has 158 valence electrons. The van der Waals surface area contributed by atoms with Gasteiger partial charge in [-0.2, -0.15) is 9.36 Å². The summed E-state index contributed by atoms with van der Waals surface area (Å²) in [6, 6.07) is 13.9. The van der Waals surface area contributed by atoms with E-state index in [1.54, 1.807) is 36.4 Å². The largest absolute Gasteiger partial charge is 0.489 e. The van der Waals surface area contributed by atoms with Gasteiger partial charge in [-0.15, -0.1) is 0 Å². The summed E-state index contributed by atoms with van der Waals surface area (Å²) in [5, 5.41) is 7.62. The van der Waals surface area contributed by atoms with E-state index in [9.17, 15) is 18.0 Å². The number of aryl methyl sites for hydroxylation is 2. The maximum absolute atomic E-state index is 13.6. The second-order valence-corrected chi connectivity index (χ2v) is 6.94. The molecular formula is C22H17F3N4O2. The predicted molar refractivity (Wildman–Crippen MR) is 107 cm³/mol. The van der Waals surface area contributed by atoms with Crippen molar-refractivity contribution in [2.45, 2.75) is 13.5 Å². The van der Waals surface area contributed by atoms with E-state index in [1.807, 2.05) is 13.0 Å². The Labute approximate surface area is 175 Å². The van der Waals surface area contributed by atoms with Crippen LogP contribution in [-0.2, 0) is 13.7 Å².